The first-order valence-corrected chi connectivity index (χ1v) is 11.6. The van der Waals surface area contributed by atoms with Gasteiger partial charge in [0.2, 0.25) is 0 Å². The van der Waals surface area contributed by atoms with Crippen LogP contribution in [0.2, 0.25) is 10.0 Å². The summed E-state index contributed by atoms with van der Waals surface area (Å²) in [6, 6.07) is 22.2. The lowest BCUT2D eigenvalue weighted by Gasteiger charge is -2.12. The van der Waals surface area contributed by atoms with E-state index in [0.29, 0.717) is 43.6 Å². The first-order chi connectivity index (χ1) is 17.4. The molecule has 0 aliphatic carbocycles. The van der Waals surface area contributed by atoms with Crippen LogP contribution in [0, 0.1) is 24.0 Å². The van der Waals surface area contributed by atoms with Gasteiger partial charge in [0.1, 0.15) is 23.1 Å². The molecule has 5 rings (SSSR count). The lowest BCUT2D eigenvalue weighted by molar-refractivity contribution is 0.416. The van der Waals surface area contributed by atoms with E-state index in [1.807, 2.05) is 24.3 Å². The molecule has 180 valence electrons. The van der Waals surface area contributed by atoms with Gasteiger partial charge < -0.3 is 9.47 Å². The fourth-order valence-electron chi connectivity index (χ4n) is 4.12. The molecule has 0 radical (unpaired) electrons. The van der Waals surface area contributed by atoms with Crippen molar-refractivity contribution in [2.75, 3.05) is 14.2 Å². The van der Waals surface area contributed by atoms with Crippen LogP contribution >= 0.6 is 23.2 Å². The Kier molecular flexibility index (Phi) is 7.64. The molecule has 0 aromatic heterocycles. The highest BCUT2D eigenvalue weighted by molar-refractivity contribution is 6.34. The number of terminal acetylenes is 1. The maximum Gasteiger partial charge on any atom is 0.145 e. The molecule has 0 bridgehead atoms. The molecule has 0 saturated carbocycles. The second-order valence-electron chi connectivity index (χ2n) is 7.71. The quantitative estimate of drug-likeness (QED) is 0.174. The topological polar surface area (TPSA) is 18.5 Å². The Labute approximate surface area is 218 Å². The standard InChI is InChI=1S/2C15H10ClFO/c1-18-15-11(16)8-7-10-6-5-9-3-2-4-12(17)13(9)14(10)15;1-3-10-6-4-9-13(17)14(10)11-7-5-8-12(16)15(11)18-2/h2-8H,1H3;1,4-9H,2H3. The summed E-state index contributed by atoms with van der Waals surface area (Å²) in [5, 5.41) is 3.92. The number of halogens is 4. The van der Waals surface area contributed by atoms with E-state index in [2.05, 4.69) is 5.92 Å². The SMILES string of the molecule is C#Cc1cccc(F)c1-c1cccc(Cl)c1OC.COc1c(Cl)ccc2ccc3cccc(F)c3c12. The molecule has 2 nitrogen and oxygen atoms in total. The van der Waals surface area contributed by atoms with Gasteiger partial charge in [-0.15, -0.1) is 6.42 Å². The highest BCUT2D eigenvalue weighted by Crippen LogP contribution is 2.40. The Hall–Kier alpha value is -3.78. The summed E-state index contributed by atoms with van der Waals surface area (Å²) in [5.41, 5.74) is 1.35. The van der Waals surface area contributed by atoms with Crippen LogP contribution in [0.3, 0.4) is 0 Å². The molecule has 5 aromatic carbocycles. The average Bonchev–Trinajstić information content (AvgIpc) is 2.88. The number of fused-ring (bicyclic) bond motifs is 3. The van der Waals surface area contributed by atoms with Crippen LogP contribution in [-0.4, -0.2) is 14.2 Å². The van der Waals surface area contributed by atoms with Crippen molar-refractivity contribution in [3.8, 4) is 35.0 Å². The predicted molar refractivity (Wildman–Crippen MR) is 144 cm³/mol. The molecular weight excluding hydrogens is 501 g/mol. The number of rotatable bonds is 3. The van der Waals surface area contributed by atoms with Crippen molar-refractivity contribution < 1.29 is 18.3 Å². The van der Waals surface area contributed by atoms with Crippen molar-refractivity contribution in [1.82, 2.24) is 0 Å². The van der Waals surface area contributed by atoms with E-state index in [1.165, 1.54) is 19.2 Å². The van der Waals surface area contributed by atoms with Gasteiger partial charge in [-0.3, -0.25) is 0 Å². The summed E-state index contributed by atoms with van der Waals surface area (Å²) >= 11 is 12.1. The predicted octanol–water partition coefficient (Wildman–Crippen LogP) is 8.93. The van der Waals surface area contributed by atoms with E-state index in [-0.39, 0.29) is 5.82 Å². The molecule has 5 aromatic rings. The van der Waals surface area contributed by atoms with Gasteiger partial charge in [-0.05, 0) is 41.1 Å². The highest BCUT2D eigenvalue weighted by atomic mass is 35.5. The van der Waals surface area contributed by atoms with E-state index in [9.17, 15) is 8.78 Å². The zero-order valence-electron chi connectivity index (χ0n) is 19.4. The molecular formula is C30H20Cl2F2O2. The zero-order valence-corrected chi connectivity index (χ0v) is 20.9. The number of para-hydroxylation sites is 1. The number of hydrogen-bond donors (Lipinski definition) is 0. The zero-order chi connectivity index (χ0) is 25.8. The van der Waals surface area contributed by atoms with Gasteiger partial charge in [-0.1, -0.05) is 77.7 Å². The Morgan fingerprint density at radius 3 is 1.94 bits per heavy atom. The first-order valence-electron chi connectivity index (χ1n) is 10.8. The van der Waals surface area contributed by atoms with Gasteiger partial charge in [0.15, 0.2) is 0 Å². The lowest BCUT2D eigenvalue weighted by atomic mass is 9.98. The third-order valence-corrected chi connectivity index (χ3v) is 6.29. The monoisotopic (exact) mass is 520 g/mol. The van der Waals surface area contributed by atoms with Gasteiger partial charge >= 0.3 is 0 Å². The van der Waals surface area contributed by atoms with Gasteiger partial charge in [-0.25, -0.2) is 8.78 Å². The molecule has 6 heteroatoms. The van der Waals surface area contributed by atoms with Crippen LogP contribution in [0.5, 0.6) is 11.5 Å². The molecule has 0 amide bonds. The van der Waals surface area contributed by atoms with Gasteiger partial charge in [0.25, 0.3) is 0 Å². The van der Waals surface area contributed by atoms with Crippen LogP contribution in [-0.2, 0) is 0 Å². The van der Waals surface area contributed by atoms with Crippen LogP contribution in [0.25, 0.3) is 32.7 Å². The van der Waals surface area contributed by atoms with E-state index < -0.39 is 5.82 Å². The lowest BCUT2D eigenvalue weighted by Crippen LogP contribution is -1.94. The molecule has 0 spiro atoms. The summed E-state index contributed by atoms with van der Waals surface area (Å²) in [4.78, 5) is 0. The van der Waals surface area contributed by atoms with Gasteiger partial charge in [0.05, 0.1) is 24.3 Å². The Balaban J connectivity index is 0.000000169. The molecule has 36 heavy (non-hydrogen) atoms. The molecule has 0 unspecified atom stereocenters. The van der Waals surface area contributed by atoms with Crippen molar-refractivity contribution in [1.29, 1.82) is 0 Å². The minimum absolute atomic E-state index is 0.265. The van der Waals surface area contributed by atoms with Crippen molar-refractivity contribution in [3.05, 3.63) is 106 Å². The van der Waals surface area contributed by atoms with Crippen LogP contribution < -0.4 is 9.47 Å². The first kappa shape index (κ1) is 25.3. The number of ether oxygens (including phenoxy) is 2. The van der Waals surface area contributed by atoms with E-state index >= 15 is 0 Å². The second kappa shape index (κ2) is 10.9. The van der Waals surface area contributed by atoms with Crippen LogP contribution in [0.4, 0.5) is 8.78 Å². The van der Waals surface area contributed by atoms with Gasteiger partial charge in [-0.2, -0.15) is 0 Å². The Bertz CT molecular complexity index is 1620. The summed E-state index contributed by atoms with van der Waals surface area (Å²) in [6.07, 6.45) is 5.40. The molecule has 0 atom stereocenters. The Morgan fingerprint density at radius 1 is 0.667 bits per heavy atom. The normalized spacial score (nSPS) is 10.5. The molecule has 0 aliphatic heterocycles. The van der Waals surface area contributed by atoms with E-state index in [4.69, 9.17) is 39.1 Å². The highest BCUT2D eigenvalue weighted by Gasteiger charge is 2.16. The average molecular weight is 521 g/mol. The van der Waals surface area contributed by atoms with Crippen molar-refractivity contribution in [2.45, 2.75) is 0 Å². The maximum absolute atomic E-state index is 14.1. The third-order valence-electron chi connectivity index (χ3n) is 5.69. The Morgan fingerprint density at radius 2 is 1.25 bits per heavy atom. The summed E-state index contributed by atoms with van der Waals surface area (Å²) in [6.45, 7) is 0. The van der Waals surface area contributed by atoms with Crippen molar-refractivity contribution in [3.63, 3.8) is 0 Å². The summed E-state index contributed by atoms with van der Waals surface area (Å²) < 4.78 is 38.6. The minimum atomic E-state index is -0.397. The largest absolute Gasteiger partial charge is 0.495 e. The number of hydrogen-bond acceptors (Lipinski definition) is 2. The van der Waals surface area contributed by atoms with Gasteiger partial charge in [0, 0.05) is 27.5 Å². The van der Waals surface area contributed by atoms with Crippen LogP contribution in [0.15, 0.2) is 78.9 Å². The number of methoxy groups -OCH3 is 2. The van der Waals surface area contributed by atoms with E-state index in [1.54, 1.807) is 49.6 Å². The van der Waals surface area contributed by atoms with Crippen molar-refractivity contribution >= 4 is 44.7 Å². The number of benzene rings is 5. The summed E-state index contributed by atoms with van der Waals surface area (Å²) in [7, 11) is 3.03. The summed E-state index contributed by atoms with van der Waals surface area (Å²) in [5.74, 6) is 2.74. The second-order valence-corrected chi connectivity index (χ2v) is 8.52. The van der Waals surface area contributed by atoms with Crippen LogP contribution in [0.1, 0.15) is 5.56 Å². The third kappa shape index (κ3) is 4.68. The molecule has 0 aliphatic rings. The van der Waals surface area contributed by atoms with E-state index in [0.717, 1.165) is 16.2 Å². The molecule has 0 saturated heterocycles. The molecule has 0 heterocycles. The van der Waals surface area contributed by atoms with Crippen molar-refractivity contribution in [2.24, 2.45) is 0 Å². The maximum atomic E-state index is 14.1. The minimum Gasteiger partial charge on any atom is -0.495 e. The molecule has 0 fully saturated rings. The molecule has 0 N–H and O–H groups in total. The fraction of sp³-hybridized carbons (Fsp3) is 0.0667. The fourth-order valence-corrected chi connectivity index (χ4v) is 4.61. The smallest absolute Gasteiger partial charge is 0.145 e.